The maximum atomic E-state index is 9.11. The molecule has 0 spiro atoms. The number of methoxy groups -OCH3 is 1. The number of hydrogen-bond donors (Lipinski definition) is 0. The van der Waals surface area contributed by atoms with Crippen LogP contribution in [0.15, 0.2) is 42.6 Å². The van der Waals surface area contributed by atoms with Crippen LogP contribution in [-0.2, 0) is 6.42 Å². The number of benzene rings is 1. The Labute approximate surface area is 127 Å². The molecule has 104 valence electrons. The van der Waals surface area contributed by atoms with Crippen molar-refractivity contribution < 1.29 is 4.74 Å². The first kappa shape index (κ1) is 13.5. The molecule has 0 aliphatic heterocycles. The third-order valence-electron chi connectivity index (χ3n) is 3.29. The van der Waals surface area contributed by atoms with Crippen LogP contribution in [-0.4, -0.2) is 16.5 Å². The van der Waals surface area contributed by atoms with Crippen molar-refractivity contribution in [3.63, 3.8) is 0 Å². The molecule has 0 saturated heterocycles. The average Bonchev–Trinajstić information content (AvgIpc) is 2.86. The molecule has 3 aromatic rings. The molecule has 4 nitrogen and oxygen atoms in total. The molecule has 0 fully saturated rings. The quantitative estimate of drug-likeness (QED) is 0.740. The van der Waals surface area contributed by atoms with Crippen molar-refractivity contribution in [3.05, 3.63) is 53.3 Å². The first-order valence-corrected chi connectivity index (χ1v) is 6.79. The van der Waals surface area contributed by atoms with E-state index in [0.717, 1.165) is 28.3 Å². The molecule has 0 N–H and O–H groups in total. The van der Waals surface area contributed by atoms with E-state index in [-0.39, 0.29) is 6.42 Å². The van der Waals surface area contributed by atoms with Gasteiger partial charge < -0.3 is 9.14 Å². The second-order valence-electron chi connectivity index (χ2n) is 4.52. The molecule has 2 aromatic heterocycles. The van der Waals surface area contributed by atoms with Gasteiger partial charge in [-0.3, -0.25) is 0 Å². The average molecular weight is 298 g/mol. The van der Waals surface area contributed by atoms with Gasteiger partial charge in [-0.25, -0.2) is 4.98 Å². The van der Waals surface area contributed by atoms with Crippen molar-refractivity contribution in [3.8, 4) is 23.1 Å². The van der Waals surface area contributed by atoms with Crippen molar-refractivity contribution in [1.82, 2.24) is 9.38 Å². The number of ether oxygens (including phenoxy) is 1. The summed E-state index contributed by atoms with van der Waals surface area (Å²) < 4.78 is 7.25. The Morgan fingerprint density at radius 2 is 2.10 bits per heavy atom. The number of aromatic nitrogens is 2. The predicted octanol–water partition coefficient (Wildman–Crippen LogP) is 3.73. The van der Waals surface area contributed by atoms with Gasteiger partial charge in [0.1, 0.15) is 11.4 Å². The molecule has 0 atom stereocenters. The van der Waals surface area contributed by atoms with Crippen molar-refractivity contribution in [2.24, 2.45) is 0 Å². The molecule has 5 heteroatoms. The minimum absolute atomic E-state index is 0.245. The van der Waals surface area contributed by atoms with Gasteiger partial charge in [0.15, 0.2) is 0 Å². The van der Waals surface area contributed by atoms with E-state index in [0.29, 0.717) is 5.02 Å². The molecule has 0 unspecified atom stereocenters. The largest absolute Gasteiger partial charge is 0.496 e. The Kier molecular flexibility index (Phi) is 3.51. The fourth-order valence-electron chi connectivity index (χ4n) is 2.37. The zero-order valence-electron chi connectivity index (χ0n) is 11.4. The van der Waals surface area contributed by atoms with E-state index in [1.807, 2.05) is 34.7 Å². The maximum Gasteiger partial charge on any atom is 0.137 e. The van der Waals surface area contributed by atoms with E-state index in [1.54, 1.807) is 19.4 Å². The lowest BCUT2D eigenvalue weighted by Crippen LogP contribution is -1.95. The number of hydrogen-bond acceptors (Lipinski definition) is 3. The SMILES string of the molecule is COc1ccccc1-c1nc2ccc(Cl)cn2c1CC#N. The molecule has 0 aliphatic carbocycles. The highest BCUT2D eigenvalue weighted by molar-refractivity contribution is 6.30. The molecule has 0 aliphatic rings. The minimum atomic E-state index is 0.245. The normalized spacial score (nSPS) is 10.5. The lowest BCUT2D eigenvalue weighted by Gasteiger charge is -2.07. The highest BCUT2D eigenvalue weighted by Crippen LogP contribution is 2.32. The topological polar surface area (TPSA) is 50.3 Å². The van der Waals surface area contributed by atoms with Crippen molar-refractivity contribution in [1.29, 1.82) is 5.26 Å². The summed E-state index contributed by atoms with van der Waals surface area (Å²) in [4.78, 5) is 4.62. The summed E-state index contributed by atoms with van der Waals surface area (Å²) in [6, 6.07) is 13.4. The zero-order chi connectivity index (χ0) is 14.8. The Morgan fingerprint density at radius 1 is 1.29 bits per heavy atom. The van der Waals surface area contributed by atoms with E-state index in [4.69, 9.17) is 21.6 Å². The number of rotatable bonds is 3. The molecule has 2 heterocycles. The monoisotopic (exact) mass is 297 g/mol. The molecule has 0 bridgehead atoms. The van der Waals surface area contributed by atoms with Gasteiger partial charge >= 0.3 is 0 Å². The van der Waals surface area contributed by atoms with Gasteiger partial charge in [-0.05, 0) is 24.3 Å². The third-order valence-corrected chi connectivity index (χ3v) is 3.51. The minimum Gasteiger partial charge on any atom is -0.496 e. The van der Waals surface area contributed by atoms with E-state index >= 15 is 0 Å². The molecule has 21 heavy (non-hydrogen) atoms. The fourth-order valence-corrected chi connectivity index (χ4v) is 2.53. The van der Waals surface area contributed by atoms with Gasteiger partial charge in [0, 0.05) is 11.8 Å². The second-order valence-corrected chi connectivity index (χ2v) is 4.95. The summed E-state index contributed by atoms with van der Waals surface area (Å²) in [7, 11) is 1.62. The highest BCUT2D eigenvalue weighted by atomic mass is 35.5. The Morgan fingerprint density at radius 3 is 2.86 bits per heavy atom. The van der Waals surface area contributed by atoms with Crippen LogP contribution < -0.4 is 4.74 Å². The second kappa shape index (κ2) is 5.47. The molecular formula is C16H12ClN3O. The number of pyridine rings is 1. The highest BCUT2D eigenvalue weighted by Gasteiger charge is 2.16. The lowest BCUT2D eigenvalue weighted by atomic mass is 10.1. The fraction of sp³-hybridized carbons (Fsp3) is 0.125. The summed E-state index contributed by atoms with van der Waals surface area (Å²) in [6.07, 6.45) is 2.02. The van der Waals surface area contributed by atoms with Crippen molar-refractivity contribution >= 4 is 17.2 Å². The standard InChI is InChI=1S/C16H12ClN3O/c1-21-14-5-3-2-4-12(14)16-13(8-9-18)20-10-11(17)6-7-15(20)19-16/h2-7,10H,8H2,1H3. The van der Waals surface area contributed by atoms with Crippen LogP contribution in [0.4, 0.5) is 0 Å². The van der Waals surface area contributed by atoms with Gasteiger partial charge in [0.25, 0.3) is 0 Å². The third kappa shape index (κ3) is 2.32. The first-order chi connectivity index (χ1) is 10.2. The van der Waals surface area contributed by atoms with Gasteiger partial charge in [-0.2, -0.15) is 5.26 Å². The number of para-hydroxylation sites is 1. The van der Waals surface area contributed by atoms with Crippen LogP contribution in [0.2, 0.25) is 5.02 Å². The number of halogens is 1. The molecule has 3 rings (SSSR count). The molecule has 0 radical (unpaired) electrons. The Hall–Kier alpha value is -2.51. The number of nitrogens with zero attached hydrogens (tertiary/aromatic N) is 3. The predicted molar refractivity (Wildman–Crippen MR) is 81.5 cm³/mol. The smallest absolute Gasteiger partial charge is 0.137 e. The maximum absolute atomic E-state index is 9.11. The van der Waals surface area contributed by atoms with E-state index < -0.39 is 0 Å². The molecule has 0 saturated carbocycles. The van der Waals surface area contributed by atoms with E-state index in [9.17, 15) is 0 Å². The Bertz CT molecular complexity index is 848. The first-order valence-electron chi connectivity index (χ1n) is 6.41. The van der Waals surface area contributed by atoms with Crippen LogP contribution >= 0.6 is 11.6 Å². The summed E-state index contributed by atoms with van der Waals surface area (Å²) in [5, 5.41) is 9.71. The van der Waals surface area contributed by atoms with E-state index in [2.05, 4.69) is 11.1 Å². The number of imidazole rings is 1. The lowest BCUT2D eigenvalue weighted by molar-refractivity contribution is 0.416. The van der Waals surface area contributed by atoms with Gasteiger partial charge in [-0.1, -0.05) is 23.7 Å². The van der Waals surface area contributed by atoms with Crippen LogP contribution in [0.3, 0.4) is 0 Å². The molecular weight excluding hydrogens is 286 g/mol. The van der Waals surface area contributed by atoms with Crippen molar-refractivity contribution in [2.75, 3.05) is 7.11 Å². The Balaban J connectivity index is 2.31. The van der Waals surface area contributed by atoms with Crippen LogP contribution in [0, 0.1) is 11.3 Å². The zero-order valence-corrected chi connectivity index (χ0v) is 12.1. The van der Waals surface area contributed by atoms with Crippen molar-refractivity contribution in [2.45, 2.75) is 6.42 Å². The summed E-state index contributed by atoms with van der Waals surface area (Å²) in [5.41, 5.74) is 3.17. The number of nitriles is 1. The van der Waals surface area contributed by atoms with Gasteiger partial charge in [0.05, 0.1) is 36.0 Å². The number of fused-ring (bicyclic) bond motifs is 1. The molecule has 1 aromatic carbocycles. The summed E-state index contributed by atoms with van der Waals surface area (Å²) in [6.45, 7) is 0. The molecule has 0 amide bonds. The van der Waals surface area contributed by atoms with Gasteiger partial charge in [-0.15, -0.1) is 0 Å². The summed E-state index contributed by atoms with van der Waals surface area (Å²) in [5.74, 6) is 0.728. The van der Waals surface area contributed by atoms with Gasteiger partial charge in [0.2, 0.25) is 0 Å². The van der Waals surface area contributed by atoms with Crippen LogP contribution in [0.25, 0.3) is 16.9 Å². The van der Waals surface area contributed by atoms with Crippen LogP contribution in [0.1, 0.15) is 5.69 Å². The van der Waals surface area contributed by atoms with E-state index in [1.165, 1.54) is 0 Å². The summed E-state index contributed by atoms with van der Waals surface area (Å²) >= 11 is 6.05. The van der Waals surface area contributed by atoms with Crippen LogP contribution in [0.5, 0.6) is 5.75 Å².